The van der Waals surface area contributed by atoms with E-state index in [2.05, 4.69) is 14.6 Å². The number of hydrogen-bond acceptors (Lipinski definition) is 4. The highest BCUT2D eigenvalue weighted by Crippen LogP contribution is 2.17. The number of nitrogens with zero attached hydrogens (tertiary/aromatic N) is 1. The molecule has 0 atom stereocenters. The summed E-state index contributed by atoms with van der Waals surface area (Å²) < 4.78 is 4.63. The summed E-state index contributed by atoms with van der Waals surface area (Å²) in [6, 6.07) is 2.74. The van der Waals surface area contributed by atoms with Crippen molar-refractivity contribution in [3.8, 4) is 5.88 Å². The maximum Gasteiger partial charge on any atom is 0.336 e. The second kappa shape index (κ2) is 1.85. The Labute approximate surface area is 60.3 Å². The van der Waals surface area contributed by atoms with Gasteiger partial charge in [-0.2, -0.15) is 0 Å². The van der Waals surface area contributed by atoms with E-state index in [4.69, 9.17) is 5.11 Å². The quantitative estimate of drug-likeness (QED) is 0.566. The second-order valence-electron chi connectivity index (χ2n) is 2.04. The number of H-pyrrole nitrogens is 1. The fourth-order valence-corrected chi connectivity index (χ4v) is 0.835. The topological polar surface area (TPSA) is 79.1 Å². The summed E-state index contributed by atoms with van der Waals surface area (Å²) in [6.07, 6.45) is 0. The summed E-state index contributed by atoms with van der Waals surface area (Å²) >= 11 is 0. The normalized spacial score (nSPS) is 10.5. The largest absolute Gasteiger partial charge is 0.490 e. The van der Waals surface area contributed by atoms with Crippen molar-refractivity contribution in [1.82, 2.24) is 10.2 Å². The van der Waals surface area contributed by atoms with Gasteiger partial charge in [-0.1, -0.05) is 0 Å². The monoisotopic (exact) mass is 152 g/mol. The van der Waals surface area contributed by atoms with Crippen molar-refractivity contribution in [2.24, 2.45) is 0 Å². The number of aromatic nitrogens is 2. The molecule has 0 amide bonds. The van der Waals surface area contributed by atoms with Crippen LogP contribution in [0.15, 0.2) is 21.3 Å². The lowest BCUT2D eigenvalue weighted by Crippen LogP contribution is -1.92. The third-order valence-corrected chi connectivity index (χ3v) is 1.32. The van der Waals surface area contributed by atoms with Crippen LogP contribution in [0.4, 0.5) is 0 Å². The maximum atomic E-state index is 10.6. The van der Waals surface area contributed by atoms with Gasteiger partial charge in [0.2, 0.25) is 5.58 Å². The zero-order valence-electron chi connectivity index (χ0n) is 5.37. The Bertz CT molecular complexity index is 442. The average Bonchev–Trinajstić information content (AvgIpc) is 2.33. The lowest BCUT2D eigenvalue weighted by atomic mass is 10.4. The van der Waals surface area contributed by atoms with Gasteiger partial charge < -0.3 is 9.52 Å². The van der Waals surface area contributed by atoms with Crippen molar-refractivity contribution < 1.29 is 9.52 Å². The summed E-state index contributed by atoms with van der Waals surface area (Å²) in [7, 11) is 0. The van der Waals surface area contributed by atoms with Crippen molar-refractivity contribution in [3.05, 3.63) is 22.6 Å². The van der Waals surface area contributed by atoms with Gasteiger partial charge in [0.05, 0.1) is 0 Å². The molecule has 0 aliphatic heterocycles. The molecular weight excluding hydrogens is 148 g/mol. The van der Waals surface area contributed by atoms with Crippen LogP contribution in [0, 0.1) is 0 Å². The number of nitrogens with one attached hydrogen (secondary N) is 1. The molecule has 5 heteroatoms. The first-order valence-electron chi connectivity index (χ1n) is 2.94. The van der Waals surface area contributed by atoms with Crippen LogP contribution in [-0.2, 0) is 0 Å². The summed E-state index contributed by atoms with van der Waals surface area (Å²) in [4.78, 5) is 10.6. The summed E-state index contributed by atoms with van der Waals surface area (Å²) in [6.45, 7) is 0. The number of aromatic hydroxyl groups is 1. The van der Waals surface area contributed by atoms with E-state index < -0.39 is 5.63 Å². The molecule has 11 heavy (non-hydrogen) atoms. The zero-order chi connectivity index (χ0) is 7.84. The first-order chi connectivity index (χ1) is 5.27. The fraction of sp³-hybridized carbons (Fsp3) is 0. The second-order valence-corrected chi connectivity index (χ2v) is 2.04. The minimum atomic E-state index is -0.505. The molecule has 2 aromatic heterocycles. The van der Waals surface area contributed by atoms with Gasteiger partial charge >= 0.3 is 5.63 Å². The summed E-state index contributed by atoms with van der Waals surface area (Å²) in [5, 5.41) is 14.9. The number of aromatic amines is 1. The van der Waals surface area contributed by atoms with Crippen LogP contribution in [0.5, 0.6) is 5.88 Å². The zero-order valence-corrected chi connectivity index (χ0v) is 5.37. The highest BCUT2D eigenvalue weighted by atomic mass is 16.4. The molecule has 0 aliphatic carbocycles. The molecule has 0 aromatic carbocycles. The lowest BCUT2D eigenvalue weighted by molar-refractivity contribution is 0.438. The van der Waals surface area contributed by atoms with Gasteiger partial charge in [-0.05, 0) is 6.07 Å². The molecule has 0 unspecified atom stereocenters. The van der Waals surface area contributed by atoms with Gasteiger partial charge in [0, 0.05) is 6.07 Å². The molecule has 2 heterocycles. The van der Waals surface area contributed by atoms with E-state index in [1.807, 2.05) is 0 Å². The highest BCUT2D eigenvalue weighted by molar-refractivity contribution is 5.76. The van der Waals surface area contributed by atoms with E-state index in [0.29, 0.717) is 5.52 Å². The van der Waals surface area contributed by atoms with E-state index in [1.165, 1.54) is 12.1 Å². The Balaban J connectivity index is 2.98. The SMILES string of the molecule is O=c1ccc2[nH]nc(O)c2o1. The lowest BCUT2D eigenvalue weighted by Gasteiger charge is -1.83. The maximum absolute atomic E-state index is 10.6. The third-order valence-electron chi connectivity index (χ3n) is 1.32. The number of fused-ring (bicyclic) bond motifs is 1. The van der Waals surface area contributed by atoms with Crippen LogP contribution in [-0.4, -0.2) is 15.3 Å². The van der Waals surface area contributed by atoms with E-state index in [9.17, 15) is 4.79 Å². The van der Waals surface area contributed by atoms with E-state index in [1.54, 1.807) is 0 Å². The van der Waals surface area contributed by atoms with Crippen LogP contribution in [0.1, 0.15) is 0 Å². The molecule has 0 bridgehead atoms. The molecule has 0 radical (unpaired) electrons. The van der Waals surface area contributed by atoms with E-state index in [-0.39, 0.29) is 11.5 Å². The Hall–Kier alpha value is -1.78. The van der Waals surface area contributed by atoms with Gasteiger partial charge in [0.15, 0.2) is 0 Å². The van der Waals surface area contributed by atoms with Gasteiger partial charge in [-0.25, -0.2) is 4.79 Å². The minimum Gasteiger partial charge on any atom is -0.490 e. The van der Waals surface area contributed by atoms with Crippen LogP contribution in [0.25, 0.3) is 11.1 Å². The van der Waals surface area contributed by atoms with Gasteiger partial charge in [0.25, 0.3) is 5.88 Å². The Morgan fingerprint density at radius 3 is 3.18 bits per heavy atom. The number of rotatable bonds is 0. The summed E-state index contributed by atoms with van der Waals surface area (Å²) in [5.41, 5.74) is 0.0915. The van der Waals surface area contributed by atoms with Crippen molar-refractivity contribution in [2.75, 3.05) is 0 Å². The molecule has 5 nitrogen and oxygen atoms in total. The predicted octanol–water partition coefficient (Wildman–Crippen LogP) is 0.222. The first-order valence-corrected chi connectivity index (χ1v) is 2.94. The third kappa shape index (κ3) is 0.778. The van der Waals surface area contributed by atoms with E-state index >= 15 is 0 Å². The molecule has 0 saturated heterocycles. The highest BCUT2D eigenvalue weighted by Gasteiger charge is 2.04. The van der Waals surface area contributed by atoms with Crippen molar-refractivity contribution in [1.29, 1.82) is 0 Å². The molecule has 2 rings (SSSR count). The average molecular weight is 152 g/mol. The van der Waals surface area contributed by atoms with Crippen molar-refractivity contribution in [2.45, 2.75) is 0 Å². The molecule has 0 spiro atoms. The van der Waals surface area contributed by atoms with Crippen LogP contribution >= 0.6 is 0 Å². The Morgan fingerprint density at radius 2 is 2.36 bits per heavy atom. The molecule has 2 aromatic rings. The number of hydrogen-bond donors (Lipinski definition) is 2. The first kappa shape index (κ1) is 5.96. The Kier molecular flexibility index (Phi) is 1.00. The molecule has 2 N–H and O–H groups in total. The fourth-order valence-electron chi connectivity index (χ4n) is 0.835. The minimum absolute atomic E-state index is 0.0949. The molecule has 0 aliphatic rings. The van der Waals surface area contributed by atoms with E-state index in [0.717, 1.165) is 0 Å². The van der Waals surface area contributed by atoms with Crippen LogP contribution in [0.3, 0.4) is 0 Å². The van der Waals surface area contributed by atoms with Gasteiger partial charge in [-0.15, -0.1) is 5.10 Å². The van der Waals surface area contributed by atoms with Crippen LogP contribution in [0.2, 0.25) is 0 Å². The molecule has 0 saturated carbocycles. The molecule has 0 fully saturated rings. The van der Waals surface area contributed by atoms with Gasteiger partial charge in [-0.3, -0.25) is 5.10 Å². The Morgan fingerprint density at radius 1 is 1.55 bits per heavy atom. The summed E-state index contributed by atoms with van der Waals surface area (Å²) in [5.74, 6) is -0.294. The molecular formula is C6H4N2O3. The van der Waals surface area contributed by atoms with Crippen molar-refractivity contribution in [3.63, 3.8) is 0 Å². The van der Waals surface area contributed by atoms with Gasteiger partial charge in [0.1, 0.15) is 5.52 Å². The van der Waals surface area contributed by atoms with Crippen molar-refractivity contribution >= 4 is 11.1 Å². The smallest absolute Gasteiger partial charge is 0.336 e. The molecule has 56 valence electrons. The van der Waals surface area contributed by atoms with Crippen LogP contribution < -0.4 is 5.63 Å². The standard InChI is InChI=1S/C6H4N2O3/c9-4-2-1-3-5(11-4)6(10)8-7-3/h1-2H,(H2,7,8,10). The predicted molar refractivity (Wildman–Crippen MR) is 36.3 cm³/mol.